The molecular formula is C21H25N3O4S. The van der Waals surface area contributed by atoms with Crippen LogP contribution in [0.2, 0.25) is 0 Å². The molecule has 3 rings (SSSR count). The molecule has 0 saturated heterocycles. The standard InChI is InChI=1S/C21H25N3O4S/c1-4-5-14-6-8-15(9-7-14)22-12-16-23-19(25)17-13(2)18(29-20(17)24-16)21(26)28-11-10-27-3/h6-9,22H,4-5,10-12H2,1-3H3,(H,23,24,25). The molecule has 8 heteroatoms. The Bertz CT molecular complexity index is 1040. The number of ether oxygens (including phenoxy) is 2. The average molecular weight is 416 g/mol. The van der Waals surface area contributed by atoms with Crippen LogP contribution >= 0.6 is 11.3 Å². The molecule has 0 fully saturated rings. The van der Waals surface area contributed by atoms with E-state index < -0.39 is 5.97 Å². The molecule has 2 aromatic heterocycles. The molecule has 0 aliphatic carbocycles. The number of hydrogen-bond acceptors (Lipinski definition) is 7. The van der Waals surface area contributed by atoms with E-state index in [0.717, 1.165) is 18.5 Å². The van der Waals surface area contributed by atoms with Gasteiger partial charge in [-0.25, -0.2) is 9.78 Å². The van der Waals surface area contributed by atoms with Gasteiger partial charge in [-0.3, -0.25) is 4.79 Å². The zero-order valence-corrected chi connectivity index (χ0v) is 17.6. The van der Waals surface area contributed by atoms with Crippen LogP contribution < -0.4 is 10.9 Å². The van der Waals surface area contributed by atoms with Gasteiger partial charge in [0.1, 0.15) is 22.1 Å². The molecule has 7 nitrogen and oxygen atoms in total. The fourth-order valence-electron chi connectivity index (χ4n) is 3.01. The van der Waals surface area contributed by atoms with Gasteiger partial charge in [-0.2, -0.15) is 0 Å². The first-order valence-electron chi connectivity index (χ1n) is 9.54. The number of carbonyl (C=O) groups is 1. The first-order valence-corrected chi connectivity index (χ1v) is 10.4. The highest BCUT2D eigenvalue weighted by atomic mass is 32.1. The van der Waals surface area contributed by atoms with E-state index in [1.54, 1.807) is 6.92 Å². The molecule has 0 saturated carbocycles. The van der Waals surface area contributed by atoms with Crippen molar-refractivity contribution < 1.29 is 14.3 Å². The predicted molar refractivity (Wildman–Crippen MR) is 115 cm³/mol. The number of aromatic amines is 1. The highest BCUT2D eigenvalue weighted by molar-refractivity contribution is 7.20. The van der Waals surface area contributed by atoms with E-state index in [4.69, 9.17) is 9.47 Å². The Hall–Kier alpha value is -2.71. The molecule has 0 spiro atoms. The normalized spacial score (nSPS) is 11.0. The molecule has 0 radical (unpaired) electrons. The minimum atomic E-state index is -0.464. The molecule has 29 heavy (non-hydrogen) atoms. The SMILES string of the molecule is CCCc1ccc(NCc2nc3sc(C(=O)OCCOC)c(C)c3c(=O)[nH]2)cc1. The maximum atomic E-state index is 12.6. The minimum Gasteiger partial charge on any atom is -0.459 e. The van der Waals surface area contributed by atoms with Crippen LogP contribution in [0.4, 0.5) is 5.69 Å². The quantitative estimate of drug-likeness (QED) is 0.409. The summed E-state index contributed by atoms with van der Waals surface area (Å²) in [7, 11) is 1.54. The summed E-state index contributed by atoms with van der Waals surface area (Å²) >= 11 is 1.17. The molecule has 0 atom stereocenters. The number of methoxy groups -OCH3 is 1. The number of H-pyrrole nitrogens is 1. The third-order valence-electron chi connectivity index (χ3n) is 4.51. The second-order valence-corrected chi connectivity index (χ2v) is 7.68. The number of nitrogens with one attached hydrogen (secondary N) is 2. The first-order chi connectivity index (χ1) is 14.0. The van der Waals surface area contributed by atoms with Crippen LogP contribution in [0, 0.1) is 6.92 Å². The molecule has 0 bridgehead atoms. The van der Waals surface area contributed by atoms with Crippen molar-refractivity contribution in [3.63, 3.8) is 0 Å². The van der Waals surface area contributed by atoms with Crippen molar-refractivity contribution in [1.82, 2.24) is 9.97 Å². The Kier molecular flexibility index (Phi) is 7.00. The molecular weight excluding hydrogens is 390 g/mol. The molecule has 2 heterocycles. The van der Waals surface area contributed by atoms with Crippen LogP contribution in [-0.2, 0) is 22.4 Å². The van der Waals surface area contributed by atoms with E-state index in [1.807, 2.05) is 12.1 Å². The van der Waals surface area contributed by atoms with E-state index >= 15 is 0 Å². The number of aromatic nitrogens is 2. The summed E-state index contributed by atoms with van der Waals surface area (Å²) in [6, 6.07) is 8.22. The number of hydrogen-bond donors (Lipinski definition) is 2. The number of rotatable bonds is 9. The third-order valence-corrected chi connectivity index (χ3v) is 5.67. The van der Waals surface area contributed by atoms with E-state index in [1.165, 1.54) is 24.0 Å². The number of anilines is 1. The largest absolute Gasteiger partial charge is 0.459 e. The molecule has 0 aliphatic rings. The number of aryl methyl sites for hydroxylation is 2. The Morgan fingerprint density at radius 2 is 2.00 bits per heavy atom. The van der Waals surface area contributed by atoms with Gasteiger partial charge in [-0.1, -0.05) is 25.5 Å². The highest BCUT2D eigenvalue weighted by Gasteiger charge is 2.20. The van der Waals surface area contributed by atoms with Crippen LogP contribution in [0.3, 0.4) is 0 Å². The van der Waals surface area contributed by atoms with Gasteiger partial charge in [0.15, 0.2) is 0 Å². The Morgan fingerprint density at radius 3 is 2.69 bits per heavy atom. The summed E-state index contributed by atoms with van der Waals surface area (Å²) in [5, 5.41) is 3.70. The summed E-state index contributed by atoms with van der Waals surface area (Å²) < 4.78 is 10.1. The van der Waals surface area contributed by atoms with Crippen LogP contribution in [0.1, 0.15) is 40.0 Å². The van der Waals surface area contributed by atoms with Gasteiger partial charge < -0.3 is 19.8 Å². The van der Waals surface area contributed by atoms with Crippen LogP contribution in [0.5, 0.6) is 0 Å². The third kappa shape index (κ3) is 5.02. The molecule has 0 aliphatic heterocycles. The average Bonchev–Trinajstić information content (AvgIpc) is 3.05. The fraction of sp³-hybridized carbons (Fsp3) is 0.381. The van der Waals surface area contributed by atoms with E-state index in [9.17, 15) is 9.59 Å². The van der Waals surface area contributed by atoms with Crippen molar-refractivity contribution in [2.45, 2.75) is 33.2 Å². The molecule has 1 aromatic carbocycles. The summed E-state index contributed by atoms with van der Waals surface area (Å²) in [6.45, 7) is 4.76. The first kappa shape index (κ1) is 21.0. The number of esters is 1. The van der Waals surface area contributed by atoms with Crippen molar-refractivity contribution in [3.05, 3.63) is 56.4 Å². The van der Waals surface area contributed by atoms with Crippen molar-refractivity contribution in [3.8, 4) is 0 Å². The number of carbonyl (C=O) groups excluding carboxylic acids is 1. The summed E-state index contributed by atoms with van der Waals surface area (Å²) in [5.41, 5.74) is 2.59. The lowest BCUT2D eigenvalue weighted by Gasteiger charge is -2.07. The monoisotopic (exact) mass is 415 g/mol. The van der Waals surface area contributed by atoms with Crippen molar-refractivity contribution >= 4 is 33.2 Å². The van der Waals surface area contributed by atoms with Gasteiger partial charge in [0.2, 0.25) is 0 Å². The molecule has 154 valence electrons. The van der Waals surface area contributed by atoms with Gasteiger partial charge in [-0.15, -0.1) is 11.3 Å². The zero-order chi connectivity index (χ0) is 20.8. The molecule has 0 unspecified atom stereocenters. The lowest BCUT2D eigenvalue weighted by molar-refractivity contribution is 0.0393. The van der Waals surface area contributed by atoms with Gasteiger partial charge in [0.25, 0.3) is 5.56 Å². The number of benzene rings is 1. The molecule has 3 aromatic rings. The zero-order valence-electron chi connectivity index (χ0n) is 16.8. The second kappa shape index (κ2) is 9.67. The lowest BCUT2D eigenvalue weighted by Crippen LogP contribution is -2.14. The fourth-order valence-corrected chi connectivity index (χ4v) is 4.11. The second-order valence-electron chi connectivity index (χ2n) is 6.68. The van der Waals surface area contributed by atoms with Crippen molar-refractivity contribution in [2.75, 3.05) is 25.6 Å². The predicted octanol–water partition coefficient (Wildman–Crippen LogP) is 3.66. The Labute approximate surface area is 173 Å². The van der Waals surface area contributed by atoms with Crippen molar-refractivity contribution in [1.29, 1.82) is 0 Å². The highest BCUT2D eigenvalue weighted by Crippen LogP contribution is 2.27. The van der Waals surface area contributed by atoms with Crippen molar-refractivity contribution in [2.24, 2.45) is 0 Å². The summed E-state index contributed by atoms with van der Waals surface area (Å²) in [6.07, 6.45) is 2.17. The Morgan fingerprint density at radius 1 is 1.24 bits per heavy atom. The molecule has 0 amide bonds. The van der Waals surface area contributed by atoms with E-state index in [0.29, 0.717) is 39.6 Å². The van der Waals surface area contributed by atoms with Crippen LogP contribution in [-0.4, -0.2) is 36.3 Å². The van der Waals surface area contributed by atoms with E-state index in [-0.39, 0.29) is 12.2 Å². The van der Waals surface area contributed by atoms with Gasteiger partial charge >= 0.3 is 5.97 Å². The maximum Gasteiger partial charge on any atom is 0.348 e. The smallest absolute Gasteiger partial charge is 0.348 e. The Balaban J connectivity index is 1.76. The number of nitrogens with zero attached hydrogens (tertiary/aromatic N) is 1. The minimum absolute atomic E-state index is 0.166. The van der Waals surface area contributed by atoms with Gasteiger partial charge in [0.05, 0.1) is 18.5 Å². The maximum absolute atomic E-state index is 12.6. The number of fused-ring (bicyclic) bond motifs is 1. The topological polar surface area (TPSA) is 93.3 Å². The molecule has 2 N–H and O–H groups in total. The summed E-state index contributed by atoms with van der Waals surface area (Å²) in [4.78, 5) is 33.1. The van der Waals surface area contributed by atoms with Gasteiger partial charge in [0, 0.05) is 12.8 Å². The van der Waals surface area contributed by atoms with Gasteiger partial charge in [-0.05, 0) is 36.6 Å². The van der Waals surface area contributed by atoms with Crippen LogP contribution in [0.25, 0.3) is 10.2 Å². The van der Waals surface area contributed by atoms with Crippen LogP contribution in [0.15, 0.2) is 29.1 Å². The lowest BCUT2D eigenvalue weighted by atomic mass is 10.1. The van der Waals surface area contributed by atoms with E-state index in [2.05, 4.69) is 34.3 Å². The summed E-state index contributed by atoms with van der Waals surface area (Å²) in [5.74, 6) is 0.0504. The number of thiophene rings is 1.